The van der Waals surface area contributed by atoms with Gasteiger partial charge in [-0.15, -0.1) is 0 Å². The van der Waals surface area contributed by atoms with Crippen LogP contribution in [-0.4, -0.2) is 35.1 Å². The number of carboxylic acids is 1. The zero-order valence-electron chi connectivity index (χ0n) is 11.4. The molecular weight excluding hydrogens is 280 g/mol. The van der Waals surface area contributed by atoms with E-state index in [1.54, 1.807) is 4.90 Å². The van der Waals surface area contributed by atoms with Gasteiger partial charge in [0.1, 0.15) is 0 Å². The molecule has 0 saturated carbocycles. The molecule has 0 spiro atoms. The first-order valence-electron chi connectivity index (χ1n) is 6.07. The third-order valence-corrected chi connectivity index (χ3v) is 2.74. The van der Waals surface area contributed by atoms with Crippen molar-refractivity contribution in [3.05, 3.63) is 40.9 Å². The van der Waals surface area contributed by atoms with Crippen LogP contribution in [0.15, 0.2) is 30.4 Å². The van der Waals surface area contributed by atoms with Gasteiger partial charge in [0.05, 0.1) is 5.56 Å². The lowest BCUT2D eigenvalue weighted by Gasteiger charge is -2.21. The zero-order chi connectivity index (χ0) is 15.3. The molecule has 5 nitrogen and oxygen atoms in total. The summed E-state index contributed by atoms with van der Waals surface area (Å²) in [6, 6.07) is 3.86. The molecule has 0 heterocycles. The molecular formula is C14H17ClN2O3. The number of hydrogen-bond acceptors (Lipinski definition) is 2. The van der Waals surface area contributed by atoms with E-state index in [-0.39, 0.29) is 16.6 Å². The molecule has 1 rings (SSSR count). The summed E-state index contributed by atoms with van der Waals surface area (Å²) >= 11 is 5.83. The lowest BCUT2D eigenvalue weighted by Crippen LogP contribution is -2.35. The summed E-state index contributed by atoms with van der Waals surface area (Å²) in [6.07, 6.45) is 0. The number of amides is 2. The lowest BCUT2D eigenvalue weighted by atomic mass is 10.2. The molecule has 2 amide bonds. The number of carbonyl (C=O) groups is 2. The Morgan fingerprint density at radius 3 is 2.55 bits per heavy atom. The highest BCUT2D eigenvalue weighted by Gasteiger charge is 2.13. The van der Waals surface area contributed by atoms with Crippen molar-refractivity contribution in [2.45, 2.75) is 13.8 Å². The van der Waals surface area contributed by atoms with Gasteiger partial charge in [-0.2, -0.15) is 0 Å². The number of aromatic carboxylic acids is 1. The first kappa shape index (κ1) is 16.0. The van der Waals surface area contributed by atoms with Gasteiger partial charge in [-0.3, -0.25) is 0 Å². The van der Waals surface area contributed by atoms with Crippen LogP contribution in [0.1, 0.15) is 24.2 Å². The van der Waals surface area contributed by atoms with Crippen LogP contribution in [-0.2, 0) is 0 Å². The van der Waals surface area contributed by atoms with Crippen LogP contribution in [0.4, 0.5) is 10.5 Å². The fraction of sp³-hybridized carbons (Fsp3) is 0.286. The van der Waals surface area contributed by atoms with Crippen molar-refractivity contribution in [1.29, 1.82) is 0 Å². The van der Waals surface area contributed by atoms with Crippen LogP contribution in [0.5, 0.6) is 0 Å². The second-order valence-corrected chi connectivity index (χ2v) is 4.87. The second kappa shape index (κ2) is 6.96. The van der Waals surface area contributed by atoms with E-state index in [2.05, 4.69) is 11.9 Å². The van der Waals surface area contributed by atoms with Crippen molar-refractivity contribution < 1.29 is 14.7 Å². The molecule has 2 N–H and O–H groups in total. The normalized spacial score (nSPS) is 9.95. The molecule has 0 aromatic heterocycles. The molecule has 0 aliphatic rings. The summed E-state index contributed by atoms with van der Waals surface area (Å²) in [5.74, 6) is -1.10. The number of nitrogens with one attached hydrogen (secondary N) is 1. The molecule has 0 aliphatic heterocycles. The third kappa shape index (κ3) is 4.59. The van der Waals surface area contributed by atoms with Crippen LogP contribution in [0.3, 0.4) is 0 Å². The average Bonchev–Trinajstić information content (AvgIpc) is 2.34. The van der Waals surface area contributed by atoms with E-state index in [9.17, 15) is 9.59 Å². The number of hydrogen-bond donors (Lipinski definition) is 2. The molecule has 6 heteroatoms. The fourth-order valence-corrected chi connectivity index (χ4v) is 1.88. The highest BCUT2D eigenvalue weighted by Crippen LogP contribution is 2.19. The summed E-state index contributed by atoms with van der Waals surface area (Å²) in [7, 11) is 0. The Kier molecular flexibility index (Phi) is 5.58. The Bertz CT molecular complexity index is 543. The Balaban J connectivity index is 2.89. The molecule has 0 saturated heterocycles. The number of benzene rings is 1. The number of carbonyl (C=O) groups excluding carboxylic acids is 1. The number of carboxylic acid groups (broad SMARTS) is 1. The predicted octanol–water partition coefficient (Wildman–Crippen LogP) is 3.47. The molecule has 0 aliphatic carbocycles. The number of urea groups is 1. The largest absolute Gasteiger partial charge is 0.478 e. The smallest absolute Gasteiger partial charge is 0.335 e. The standard InChI is InChI=1S/C14H17ClN2O3/c1-4-17(8-9(2)3)14(20)16-12-6-10(13(18)19)5-11(15)7-12/h5-7H,2,4,8H2,1,3H3,(H,16,20)(H,18,19). The van der Waals surface area contributed by atoms with Crippen LogP contribution in [0.25, 0.3) is 0 Å². The summed E-state index contributed by atoms with van der Waals surface area (Å²) < 4.78 is 0. The molecule has 0 atom stereocenters. The predicted molar refractivity (Wildman–Crippen MR) is 79.5 cm³/mol. The van der Waals surface area contributed by atoms with Gasteiger partial charge in [0.15, 0.2) is 0 Å². The number of likely N-dealkylation sites (N-methyl/N-ethyl adjacent to an activating group) is 1. The van der Waals surface area contributed by atoms with Gasteiger partial charge < -0.3 is 15.3 Å². The van der Waals surface area contributed by atoms with Gasteiger partial charge in [-0.25, -0.2) is 9.59 Å². The number of nitrogens with zero attached hydrogens (tertiary/aromatic N) is 1. The molecule has 0 unspecified atom stereocenters. The Morgan fingerprint density at radius 1 is 1.40 bits per heavy atom. The summed E-state index contributed by atoms with van der Waals surface area (Å²) in [6.45, 7) is 8.40. The van der Waals surface area contributed by atoms with Gasteiger partial charge in [-0.05, 0) is 32.0 Å². The monoisotopic (exact) mass is 296 g/mol. The van der Waals surface area contributed by atoms with E-state index in [1.165, 1.54) is 18.2 Å². The highest BCUT2D eigenvalue weighted by molar-refractivity contribution is 6.31. The molecule has 0 fully saturated rings. The van der Waals surface area contributed by atoms with Crippen molar-refractivity contribution in [2.24, 2.45) is 0 Å². The van der Waals surface area contributed by atoms with Crippen LogP contribution >= 0.6 is 11.6 Å². The maximum atomic E-state index is 12.1. The van der Waals surface area contributed by atoms with Crippen LogP contribution < -0.4 is 5.32 Å². The van der Waals surface area contributed by atoms with E-state index in [0.717, 1.165) is 5.57 Å². The number of halogens is 1. The molecule has 0 bridgehead atoms. The first-order valence-corrected chi connectivity index (χ1v) is 6.45. The fourth-order valence-electron chi connectivity index (χ4n) is 1.64. The maximum Gasteiger partial charge on any atom is 0.335 e. The second-order valence-electron chi connectivity index (χ2n) is 4.44. The molecule has 20 heavy (non-hydrogen) atoms. The zero-order valence-corrected chi connectivity index (χ0v) is 12.2. The minimum atomic E-state index is -1.10. The van der Waals surface area contributed by atoms with Gasteiger partial charge in [0, 0.05) is 23.8 Å². The molecule has 1 aromatic carbocycles. The summed E-state index contributed by atoms with van der Waals surface area (Å²) in [5, 5.41) is 11.8. The maximum absolute atomic E-state index is 12.1. The van der Waals surface area contributed by atoms with Crippen LogP contribution in [0, 0.1) is 0 Å². The van der Waals surface area contributed by atoms with Crippen molar-refractivity contribution in [2.75, 3.05) is 18.4 Å². The third-order valence-electron chi connectivity index (χ3n) is 2.53. The Hall–Kier alpha value is -2.01. The molecule has 0 radical (unpaired) electrons. The van der Waals surface area contributed by atoms with Gasteiger partial charge in [0.25, 0.3) is 0 Å². The topological polar surface area (TPSA) is 69.6 Å². The van der Waals surface area contributed by atoms with E-state index in [0.29, 0.717) is 18.8 Å². The SMILES string of the molecule is C=C(C)CN(CC)C(=O)Nc1cc(Cl)cc(C(=O)O)c1. The summed E-state index contributed by atoms with van der Waals surface area (Å²) in [4.78, 5) is 24.5. The Labute approximate surface area is 122 Å². The van der Waals surface area contributed by atoms with Crippen molar-refractivity contribution in [3.63, 3.8) is 0 Å². The quantitative estimate of drug-likeness (QED) is 0.817. The number of anilines is 1. The highest BCUT2D eigenvalue weighted by atomic mass is 35.5. The van der Waals surface area contributed by atoms with Crippen LogP contribution in [0.2, 0.25) is 5.02 Å². The first-order chi connectivity index (χ1) is 9.33. The molecule has 108 valence electrons. The van der Waals surface area contributed by atoms with E-state index in [1.807, 2.05) is 13.8 Å². The minimum Gasteiger partial charge on any atom is -0.478 e. The lowest BCUT2D eigenvalue weighted by molar-refractivity contribution is 0.0697. The Morgan fingerprint density at radius 2 is 2.05 bits per heavy atom. The van der Waals surface area contributed by atoms with E-state index >= 15 is 0 Å². The van der Waals surface area contributed by atoms with Crippen molar-refractivity contribution in [3.8, 4) is 0 Å². The van der Waals surface area contributed by atoms with E-state index < -0.39 is 5.97 Å². The average molecular weight is 297 g/mol. The van der Waals surface area contributed by atoms with Gasteiger partial charge in [-0.1, -0.05) is 23.8 Å². The van der Waals surface area contributed by atoms with Gasteiger partial charge >= 0.3 is 12.0 Å². The van der Waals surface area contributed by atoms with Crippen molar-refractivity contribution >= 4 is 29.3 Å². The molecule has 1 aromatic rings. The van der Waals surface area contributed by atoms with Gasteiger partial charge in [0.2, 0.25) is 0 Å². The minimum absolute atomic E-state index is 0.0238. The van der Waals surface area contributed by atoms with E-state index in [4.69, 9.17) is 16.7 Å². The summed E-state index contributed by atoms with van der Waals surface area (Å²) in [5.41, 5.74) is 1.23. The van der Waals surface area contributed by atoms with Crippen molar-refractivity contribution in [1.82, 2.24) is 4.90 Å². The number of rotatable bonds is 5.